The van der Waals surface area contributed by atoms with Gasteiger partial charge in [-0.2, -0.15) is 0 Å². The fourth-order valence-corrected chi connectivity index (χ4v) is 2.86. The third kappa shape index (κ3) is 3.29. The van der Waals surface area contributed by atoms with E-state index in [0.29, 0.717) is 0 Å². The first-order chi connectivity index (χ1) is 11.0. The van der Waals surface area contributed by atoms with Crippen LogP contribution >= 0.6 is 0 Å². The average Bonchev–Trinajstić information content (AvgIpc) is 2.54. The lowest BCUT2D eigenvalue weighted by Crippen LogP contribution is -2.46. The molecule has 0 amide bonds. The highest BCUT2D eigenvalue weighted by atomic mass is 16.6. The molecule has 7 nitrogen and oxygen atoms in total. The normalized spacial score (nSPS) is 21.2. The zero-order valence-corrected chi connectivity index (χ0v) is 13.0. The number of anilines is 1. The lowest BCUT2D eigenvalue weighted by atomic mass is 10.1. The van der Waals surface area contributed by atoms with Crippen molar-refractivity contribution in [3.8, 4) is 11.3 Å². The van der Waals surface area contributed by atoms with Crippen molar-refractivity contribution < 1.29 is 9.66 Å². The second kappa shape index (κ2) is 6.29. The van der Waals surface area contributed by atoms with Crippen molar-refractivity contribution in [2.45, 2.75) is 26.1 Å². The van der Waals surface area contributed by atoms with E-state index in [4.69, 9.17) is 4.74 Å². The fraction of sp³-hybridized carbons (Fsp3) is 0.375. The quantitative estimate of drug-likeness (QED) is 0.640. The number of nitro benzene ring substituents is 1. The van der Waals surface area contributed by atoms with Crippen molar-refractivity contribution in [1.82, 2.24) is 9.97 Å². The molecule has 2 heterocycles. The molecule has 3 rings (SSSR count). The summed E-state index contributed by atoms with van der Waals surface area (Å²) in [5.74, 6) is 0.781. The number of rotatable bonds is 3. The van der Waals surface area contributed by atoms with Gasteiger partial charge in [0.2, 0.25) is 0 Å². The SMILES string of the molecule is CC1CN(c2nccnc2-c2ccc([N+](=O)[O-])cc2)CC(C)O1. The topological polar surface area (TPSA) is 81.4 Å². The molecule has 0 N–H and O–H groups in total. The Labute approximate surface area is 134 Å². The van der Waals surface area contributed by atoms with Gasteiger partial charge in [0, 0.05) is 43.2 Å². The van der Waals surface area contributed by atoms with E-state index in [1.165, 1.54) is 12.1 Å². The first-order valence-electron chi connectivity index (χ1n) is 7.51. The molecule has 1 aromatic carbocycles. The van der Waals surface area contributed by atoms with Crippen LogP contribution in [0.5, 0.6) is 0 Å². The second-order valence-electron chi connectivity index (χ2n) is 5.69. The highest BCUT2D eigenvalue weighted by Crippen LogP contribution is 2.29. The molecule has 23 heavy (non-hydrogen) atoms. The molecule has 1 fully saturated rings. The molecular formula is C16H18N4O3. The van der Waals surface area contributed by atoms with Crippen LogP contribution in [0.15, 0.2) is 36.7 Å². The summed E-state index contributed by atoms with van der Waals surface area (Å²) in [6.07, 6.45) is 3.53. The summed E-state index contributed by atoms with van der Waals surface area (Å²) in [6, 6.07) is 6.38. The number of nitro groups is 1. The molecule has 1 saturated heterocycles. The fourth-order valence-electron chi connectivity index (χ4n) is 2.86. The molecule has 0 aliphatic carbocycles. The number of hydrogen-bond acceptors (Lipinski definition) is 6. The van der Waals surface area contributed by atoms with Crippen molar-refractivity contribution in [1.29, 1.82) is 0 Å². The van der Waals surface area contributed by atoms with Gasteiger partial charge in [-0.05, 0) is 26.0 Å². The Bertz CT molecular complexity index is 695. The van der Waals surface area contributed by atoms with Gasteiger partial charge in [-0.15, -0.1) is 0 Å². The molecular weight excluding hydrogens is 296 g/mol. The van der Waals surface area contributed by atoms with Crippen molar-refractivity contribution in [3.05, 3.63) is 46.8 Å². The van der Waals surface area contributed by atoms with Gasteiger partial charge in [-0.1, -0.05) is 0 Å². The van der Waals surface area contributed by atoms with E-state index >= 15 is 0 Å². The maximum Gasteiger partial charge on any atom is 0.269 e. The van der Waals surface area contributed by atoms with Crippen LogP contribution in [0.2, 0.25) is 0 Å². The van der Waals surface area contributed by atoms with Gasteiger partial charge in [0.1, 0.15) is 5.69 Å². The Morgan fingerprint density at radius 1 is 1.13 bits per heavy atom. The number of morpholine rings is 1. The van der Waals surface area contributed by atoms with Crippen LogP contribution in [0.1, 0.15) is 13.8 Å². The monoisotopic (exact) mass is 314 g/mol. The number of hydrogen-bond donors (Lipinski definition) is 0. The molecule has 1 aromatic heterocycles. The largest absolute Gasteiger partial charge is 0.372 e. The van der Waals surface area contributed by atoms with E-state index in [1.807, 2.05) is 13.8 Å². The molecule has 2 unspecified atom stereocenters. The molecule has 2 atom stereocenters. The van der Waals surface area contributed by atoms with E-state index in [1.54, 1.807) is 24.5 Å². The Balaban J connectivity index is 1.96. The Morgan fingerprint density at radius 2 is 1.74 bits per heavy atom. The van der Waals surface area contributed by atoms with E-state index in [2.05, 4.69) is 14.9 Å². The Hall–Kier alpha value is -2.54. The summed E-state index contributed by atoms with van der Waals surface area (Å²) >= 11 is 0. The molecule has 2 aromatic rings. The van der Waals surface area contributed by atoms with Gasteiger partial charge in [0.15, 0.2) is 5.82 Å². The molecule has 1 aliphatic heterocycles. The van der Waals surface area contributed by atoms with Crippen LogP contribution in [0.25, 0.3) is 11.3 Å². The minimum absolute atomic E-state index is 0.0628. The minimum atomic E-state index is -0.410. The van der Waals surface area contributed by atoms with Crippen LogP contribution < -0.4 is 4.90 Å². The van der Waals surface area contributed by atoms with Gasteiger partial charge in [0.25, 0.3) is 5.69 Å². The van der Waals surface area contributed by atoms with Crippen molar-refractivity contribution in [3.63, 3.8) is 0 Å². The first kappa shape index (κ1) is 15.4. The molecule has 0 spiro atoms. The predicted molar refractivity (Wildman–Crippen MR) is 86.3 cm³/mol. The smallest absolute Gasteiger partial charge is 0.269 e. The summed E-state index contributed by atoms with van der Waals surface area (Å²) in [5, 5.41) is 10.8. The van der Waals surface area contributed by atoms with Crippen LogP contribution in [0, 0.1) is 10.1 Å². The van der Waals surface area contributed by atoms with Crippen molar-refractivity contribution >= 4 is 11.5 Å². The Kier molecular flexibility index (Phi) is 4.20. The summed E-state index contributed by atoms with van der Waals surface area (Å²) in [7, 11) is 0. The number of benzene rings is 1. The van der Waals surface area contributed by atoms with Gasteiger partial charge in [0.05, 0.1) is 17.1 Å². The zero-order chi connectivity index (χ0) is 16.4. The first-order valence-corrected chi connectivity index (χ1v) is 7.51. The van der Waals surface area contributed by atoms with E-state index < -0.39 is 4.92 Å². The average molecular weight is 314 g/mol. The lowest BCUT2D eigenvalue weighted by Gasteiger charge is -2.36. The summed E-state index contributed by atoms with van der Waals surface area (Å²) in [5.41, 5.74) is 1.60. The number of ether oxygens (including phenoxy) is 1. The molecule has 1 aliphatic rings. The lowest BCUT2D eigenvalue weighted by molar-refractivity contribution is -0.384. The summed E-state index contributed by atoms with van der Waals surface area (Å²) in [4.78, 5) is 21.4. The second-order valence-corrected chi connectivity index (χ2v) is 5.69. The Morgan fingerprint density at radius 3 is 2.35 bits per heavy atom. The van der Waals surface area contributed by atoms with Crippen LogP contribution in [0.3, 0.4) is 0 Å². The molecule has 7 heteroatoms. The highest BCUT2D eigenvalue weighted by Gasteiger charge is 2.25. The molecule has 0 bridgehead atoms. The van der Waals surface area contributed by atoms with Gasteiger partial charge < -0.3 is 9.64 Å². The number of non-ortho nitro benzene ring substituents is 1. The molecule has 0 radical (unpaired) electrons. The van der Waals surface area contributed by atoms with Crippen LogP contribution in [-0.2, 0) is 4.74 Å². The predicted octanol–water partition coefficient (Wildman–Crippen LogP) is 2.67. The van der Waals surface area contributed by atoms with Crippen LogP contribution in [0.4, 0.5) is 11.5 Å². The third-order valence-corrected chi connectivity index (χ3v) is 3.75. The van der Waals surface area contributed by atoms with Gasteiger partial charge >= 0.3 is 0 Å². The summed E-state index contributed by atoms with van der Waals surface area (Å²) < 4.78 is 5.76. The summed E-state index contributed by atoms with van der Waals surface area (Å²) in [6.45, 7) is 5.54. The van der Waals surface area contributed by atoms with Crippen LogP contribution in [-0.4, -0.2) is 40.2 Å². The van der Waals surface area contributed by atoms with Gasteiger partial charge in [-0.25, -0.2) is 4.98 Å². The van der Waals surface area contributed by atoms with E-state index in [9.17, 15) is 10.1 Å². The standard InChI is InChI=1S/C16H18N4O3/c1-11-9-19(10-12(2)23-11)16-15(17-7-8-18-16)13-3-5-14(6-4-13)20(21)22/h3-8,11-12H,9-10H2,1-2H3. The van der Waals surface area contributed by atoms with Gasteiger partial charge in [-0.3, -0.25) is 15.1 Å². The molecule has 120 valence electrons. The highest BCUT2D eigenvalue weighted by molar-refractivity contribution is 5.72. The third-order valence-electron chi connectivity index (χ3n) is 3.75. The maximum atomic E-state index is 10.8. The van der Waals surface area contributed by atoms with Crippen molar-refractivity contribution in [2.24, 2.45) is 0 Å². The van der Waals surface area contributed by atoms with E-state index in [0.717, 1.165) is 30.2 Å². The zero-order valence-electron chi connectivity index (χ0n) is 13.0. The number of aromatic nitrogens is 2. The van der Waals surface area contributed by atoms with E-state index in [-0.39, 0.29) is 17.9 Å². The minimum Gasteiger partial charge on any atom is -0.372 e. The number of nitrogens with zero attached hydrogens (tertiary/aromatic N) is 4. The maximum absolute atomic E-state index is 10.8. The molecule has 0 saturated carbocycles. The van der Waals surface area contributed by atoms with Crippen molar-refractivity contribution in [2.75, 3.05) is 18.0 Å².